The minimum Gasteiger partial charge on any atom is -0.394 e. The number of hydrogen-bond acceptors (Lipinski definition) is 3. The molecule has 14 heavy (non-hydrogen) atoms. The predicted molar refractivity (Wildman–Crippen MR) is 51.9 cm³/mol. The average Bonchev–Trinajstić information content (AvgIpc) is 2.66. The summed E-state index contributed by atoms with van der Waals surface area (Å²) in [5, 5.41) is 22.8. The van der Waals surface area contributed by atoms with Gasteiger partial charge >= 0.3 is 6.03 Å². The molecule has 0 saturated heterocycles. The van der Waals surface area contributed by atoms with Crippen molar-refractivity contribution in [1.82, 2.24) is 10.6 Å². The van der Waals surface area contributed by atoms with E-state index in [-0.39, 0.29) is 25.3 Å². The minimum absolute atomic E-state index is 0.241. The Kier molecular flexibility index (Phi) is 4.69. The molecule has 1 saturated carbocycles. The third kappa shape index (κ3) is 3.51. The minimum atomic E-state index is -0.559. The van der Waals surface area contributed by atoms with E-state index in [4.69, 9.17) is 10.2 Å². The fourth-order valence-electron chi connectivity index (χ4n) is 1.63. The summed E-state index contributed by atoms with van der Waals surface area (Å²) in [6.07, 6.45) is 4.37. The van der Waals surface area contributed by atoms with Gasteiger partial charge in [0.25, 0.3) is 0 Å². The molecular formula is C9H18N2O3. The summed E-state index contributed by atoms with van der Waals surface area (Å²) in [5.74, 6) is 0. The van der Waals surface area contributed by atoms with Crippen LogP contribution in [-0.4, -0.2) is 41.5 Å². The van der Waals surface area contributed by atoms with Gasteiger partial charge in [0.05, 0.1) is 19.3 Å². The van der Waals surface area contributed by atoms with E-state index in [0.29, 0.717) is 0 Å². The number of amides is 2. The predicted octanol–water partition coefficient (Wildman–Crippen LogP) is -0.419. The van der Waals surface area contributed by atoms with Crippen molar-refractivity contribution in [2.24, 2.45) is 0 Å². The molecule has 0 aliphatic heterocycles. The summed E-state index contributed by atoms with van der Waals surface area (Å²) < 4.78 is 0. The van der Waals surface area contributed by atoms with Gasteiger partial charge in [0, 0.05) is 6.04 Å². The molecule has 82 valence electrons. The normalized spacial score (nSPS) is 17.4. The Morgan fingerprint density at radius 3 is 2.36 bits per heavy atom. The van der Waals surface area contributed by atoms with Crippen LogP contribution in [0.4, 0.5) is 4.79 Å². The lowest BCUT2D eigenvalue weighted by Crippen LogP contribution is -2.48. The molecule has 0 atom stereocenters. The Morgan fingerprint density at radius 2 is 1.86 bits per heavy atom. The largest absolute Gasteiger partial charge is 0.394 e. The number of urea groups is 1. The van der Waals surface area contributed by atoms with Crippen LogP contribution in [0.3, 0.4) is 0 Å². The quantitative estimate of drug-likeness (QED) is 0.500. The topological polar surface area (TPSA) is 81.6 Å². The van der Waals surface area contributed by atoms with Gasteiger partial charge in [-0.05, 0) is 12.8 Å². The fraction of sp³-hybridized carbons (Fsp3) is 0.889. The van der Waals surface area contributed by atoms with Crippen molar-refractivity contribution in [2.45, 2.75) is 37.8 Å². The third-order valence-corrected chi connectivity index (χ3v) is 2.47. The molecule has 1 aliphatic carbocycles. The standard InChI is InChI=1S/C9H18N2O3/c12-5-8(6-13)11-9(14)10-7-3-1-2-4-7/h7-8,12-13H,1-6H2,(H2,10,11,14). The van der Waals surface area contributed by atoms with Crippen molar-refractivity contribution in [1.29, 1.82) is 0 Å². The van der Waals surface area contributed by atoms with Gasteiger partial charge in [-0.1, -0.05) is 12.8 Å². The van der Waals surface area contributed by atoms with Crippen molar-refractivity contribution in [2.75, 3.05) is 13.2 Å². The fourth-order valence-corrected chi connectivity index (χ4v) is 1.63. The molecule has 5 heteroatoms. The summed E-state index contributed by atoms with van der Waals surface area (Å²) in [6, 6.07) is -0.602. The van der Waals surface area contributed by atoms with Crippen molar-refractivity contribution >= 4 is 6.03 Å². The van der Waals surface area contributed by atoms with Gasteiger partial charge in [0.1, 0.15) is 0 Å². The summed E-state index contributed by atoms with van der Waals surface area (Å²) in [4.78, 5) is 11.3. The second kappa shape index (κ2) is 5.82. The second-order valence-corrected chi connectivity index (χ2v) is 3.66. The van der Waals surface area contributed by atoms with Crippen molar-refractivity contribution in [3.05, 3.63) is 0 Å². The number of carbonyl (C=O) groups is 1. The highest BCUT2D eigenvalue weighted by molar-refractivity contribution is 5.74. The van der Waals surface area contributed by atoms with Gasteiger partial charge in [-0.25, -0.2) is 4.79 Å². The van der Waals surface area contributed by atoms with E-state index in [1.807, 2.05) is 0 Å². The first-order chi connectivity index (χ1) is 6.76. The Morgan fingerprint density at radius 1 is 1.29 bits per heavy atom. The van der Waals surface area contributed by atoms with E-state index in [1.54, 1.807) is 0 Å². The molecule has 2 amide bonds. The molecule has 5 nitrogen and oxygen atoms in total. The number of aliphatic hydroxyl groups is 2. The maximum atomic E-state index is 11.3. The first kappa shape index (κ1) is 11.3. The van der Waals surface area contributed by atoms with Crippen LogP contribution in [0.25, 0.3) is 0 Å². The molecule has 4 N–H and O–H groups in total. The second-order valence-electron chi connectivity index (χ2n) is 3.66. The Labute approximate surface area is 83.5 Å². The van der Waals surface area contributed by atoms with Crippen LogP contribution in [0.15, 0.2) is 0 Å². The molecule has 0 aromatic carbocycles. The highest BCUT2D eigenvalue weighted by atomic mass is 16.3. The van der Waals surface area contributed by atoms with Crippen LogP contribution >= 0.6 is 0 Å². The summed E-state index contributed by atoms with van der Waals surface area (Å²) in [7, 11) is 0. The maximum absolute atomic E-state index is 11.3. The Bertz CT molecular complexity index is 171. The molecule has 0 aromatic rings. The number of carbonyl (C=O) groups excluding carboxylic acids is 1. The molecule has 0 radical (unpaired) electrons. The molecular weight excluding hydrogens is 184 g/mol. The van der Waals surface area contributed by atoms with E-state index in [1.165, 1.54) is 0 Å². The lowest BCUT2D eigenvalue weighted by molar-refractivity contribution is 0.168. The monoisotopic (exact) mass is 202 g/mol. The van der Waals surface area contributed by atoms with Crippen LogP contribution in [0.5, 0.6) is 0 Å². The molecule has 1 fully saturated rings. The molecule has 0 unspecified atom stereocenters. The zero-order valence-electron chi connectivity index (χ0n) is 8.20. The van der Waals surface area contributed by atoms with Crippen molar-refractivity contribution in [3.63, 3.8) is 0 Å². The number of aliphatic hydroxyl groups excluding tert-OH is 2. The van der Waals surface area contributed by atoms with Crippen LogP contribution in [0, 0.1) is 0 Å². The van der Waals surface area contributed by atoms with Gasteiger partial charge in [-0.3, -0.25) is 0 Å². The molecule has 0 heterocycles. The molecule has 0 bridgehead atoms. The summed E-state index contributed by atoms with van der Waals surface area (Å²) >= 11 is 0. The zero-order valence-corrected chi connectivity index (χ0v) is 8.20. The number of hydrogen-bond donors (Lipinski definition) is 4. The van der Waals surface area contributed by atoms with Crippen molar-refractivity contribution < 1.29 is 15.0 Å². The first-order valence-electron chi connectivity index (χ1n) is 5.05. The van der Waals surface area contributed by atoms with E-state index in [0.717, 1.165) is 25.7 Å². The van der Waals surface area contributed by atoms with Crippen LogP contribution < -0.4 is 10.6 Å². The van der Waals surface area contributed by atoms with Gasteiger partial charge in [-0.2, -0.15) is 0 Å². The zero-order chi connectivity index (χ0) is 10.4. The van der Waals surface area contributed by atoms with Crippen LogP contribution in [0.2, 0.25) is 0 Å². The highest BCUT2D eigenvalue weighted by Crippen LogP contribution is 2.17. The van der Waals surface area contributed by atoms with Gasteiger partial charge in [0.2, 0.25) is 0 Å². The molecule has 0 aromatic heterocycles. The van der Waals surface area contributed by atoms with Crippen molar-refractivity contribution in [3.8, 4) is 0 Å². The highest BCUT2D eigenvalue weighted by Gasteiger charge is 2.18. The Hall–Kier alpha value is -0.810. The van der Waals surface area contributed by atoms with E-state index < -0.39 is 6.04 Å². The van der Waals surface area contributed by atoms with Gasteiger partial charge in [0.15, 0.2) is 0 Å². The summed E-state index contributed by atoms with van der Waals surface area (Å²) in [5.41, 5.74) is 0. The smallest absolute Gasteiger partial charge is 0.315 e. The van der Waals surface area contributed by atoms with Crippen LogP contribution in [0.1, 0.15) is 25.7 Å². The van der Waals surface area contributed by atoms with E-state index in [9.17, 15) is 4.79 Å². The summed E-state index contributed by atoms with van der Waals surface area (Å²) in [6.45, 7) is -0.483. The van der Waals surface area contributed by atoms with E-state index >= 15 is 0 Å². The van der Waals surface area contributed by atoms with Gasteiger partial charge in [-0.15, -0.1) is 0 Å². The first-order valence-corrected chi connectivity index (χ1v) is 5.05. The lowest BCUT2D eigenvalue weighted by Gasteiger charge is -2.17. The average molecular weight is 202 g/mol. The SMILES string of the molecule is O=C(NC(CO)CO)NC1CCCC1. The molecule has 0 spiro atoms. The molecule has 1 aliphatic rings. The van der Waals surface area contributed by atoms with Gasteiger partial charge < -0.3 is 20.8 Å². The molecule has 1 rings (SSSR count). The van der Waals surface area contributed by atoms with Crippen LogP contribution in [-0.2, 0) is 0 Å². The maximum Gasteiger partial charge on any atom is 0.315 e. The number of nitrogens with one attached hydrogen (secondary N) is 2. The lowest BCUT2D eigenvalue weighted by atomic mass is 10.2. The third-order valence-electron chi connectivity index (χ3n) is 2.47. The van der Waals surface area contributed by atoms with E-state index in [2.05, 4.69) is 10.6 Å². The Balaban J connectivity index is 2.20. The number of rotatable bonds is 4.